The maximum Gasteiger partial charge on any atom is 0.208 e. The second-order valence-electron chi connectivity index (χ2n) is 7.84. The highest BCUT2D eigenvalue weighted by atomic mass is 16.6. The van der Waals surface area contributed by atoms with Crippen LogP contribution in [0.2, 0.25) is 0 Å². The molecule has 0 unspecified atom stereocenters. The van der Waals surface area contributed by atoms with E-state index in [1.54, 1.807) is 0 Å². The molecule has 1 aliphatic rings. The van der Waals surface area contributed by atoms with E-state index in [0.717, 1.165) is 16.7 Å². The third-order valence-electron chi connectivity index (χ3n) is 5.22. The van der Waals surface area contributed by atoms with Crippen LogP contribution in [-0.2, 0) is 10.5 Å². The van der Waals surface area contributed by atoms with E-state index in [2.05, 4.69) is 67.7 Å². The normalized spacial score (nSPS) is 25.3. The molecule has 3 heteroatoms. The fraction of sp³-hybridized carbons (Fsp3) is 0.304. The SMILES string of the molecule is C[C@@H]1NC(C)(C)CO[C@@]1(O)c1cccc(-c2cccc3ccccc23)c1. The monoisotopic (exact) mass is 347 g/mol. The van der Waals surface area contributed by atoms with E-state index < -0.39 is 5.79 Å². The van der Waals surface area contributed by atoms with Gasteiger partial charge in [0.1, 0.15) is 0 Å². The molecule has 1 aliphatic heterocycles. The van der Waals surface area contributed by atoms with Crippen molar-refractivity contribution in [3.05, 3.63) is 72.3 Å². The molecule has 1 heterocycles. The van der Waals surface area contributed by atoms with Crippen molar-refractivity contribution in [3.8, 4) is 11.1 Å². The average molecular weight is 347 g/mol. The molecule has 0 saturated carbocycles. The predicted molar refractivity (Wildman–Crippen MR) is 106 cm³/mol. The Hall–Kier alpha value is -2.20. The number of hydrogen-bond acceptors (Lipinski definition) is 3. The average Bonchev–Trinajstić information content (AvgIpc) is 2.64. The zero-order valence-electron chi connectivity index (χ0n) is 15.5. The largest absolute Gasteiger partial charge is 0.361 e. The van der Waals surface area contributed by atoms with Crippen LogP contribution in [0.1, 0.15) is 26.3 Å². The van der Waals surface area contributed by atoms with Gasteiger partial charge in [0, 0.05) is 11.1 Å². The van der Waals surface area contributed by atoms with Crippen molar-refractivity contribution in [1.29, 1.82) is 0 Å². The Labute approximate surface area is 154 Å². The van der Waals surface area contributed by atoms with Gasteiger partial charge in [-0.3, -0.25) is 0 Å². The van der Waals surface area contributed by atoms with Crippen molar-refractivity contribution < 1.29 is 9.84 Å². The van der Waals surface area contributed by atoms with Crippen LogP contribution < -0.4 is 5.32 Å². The minimum Gasteiger partial charge on any atom is -0.361 e. The molecule has 134 valence electrons. The van der Waals surface area contributed by atoms with Gasteiger partial charge in [-0.2, -0.15) is 0 Å². The fourth-order valence-electron chi connectivity index (χ4n) is 3.86. The Morgan fingerprint density at radius 2 is 1.73 bits per heavy atom. The molecule has 2 atom stereocenters. The van der Waals surface area contributed by atoms with Crippen molar-refractivity contribution >= 4 is 10.8 Å². The molecule has 0 spiro atoms. The number of aliphatic hydroxyl groups is 1. The molecular weight excluding hydrogens is 322 g/mol. The highest BCUT2D eigenvalue weighted by Crippen LogP contribution is 2.36. The lowest BCUT2D eigenvalue weighted by Crippen LogP contribution is -2.63. The van der Waals surface area contributed by atoms with Gasteiger partial charge in [-0.25, -0.2) is 0 Å². The molecule has 0 amide bonds. The molecule has 3 aromatic rings. The third kappa shape index (κ3) is 2.92. The van der Waals surface area contributed by atoms with E-state index in [0.29, 0.717) is 6.61 Å². The zero-order valence-corrected chi connectivity index (χ0v) is 15.5. The van der Waals surface area contributed by atoms with Gasteiger partial charge in [0.15, 0.2) is 0 Å². The van der Waals surface area contributed by atoms with Crippen molar-refractivity contribution in [3.63, 3.8) is 0 Å². The van der Waals surface area contributed by atoms with E-state index >= 15 is 0 Å². The highest BCUT2D eigenvalue weighted by Gasteiger charge is 2.44. The first-order valence-corrected chi connectivity index (χ1v) is 9.12. The van der Waals surface area contributed by atoms with Crippen LogP contribution >= 0.6 is 0 Å². The van der Waals surface area contributed by atoms with E-state index in [9.17, 15) is 5.11 Å². The number of benzene rings is 3. The molecule has 1 fully saturated rings. The molecule has 0 radical (unpaired) electrons. The Kier molecular flexibility index (Phi) is 4.11. The summed E-state index contributed by atoms with van der Waals surface area (Å²) < 4.78 is 5.95. The van der Waals surface area contributed by atoms with Crippen LogP contribution in [0.25, 0.3) is 21.9 Å². The van der Waals surface area contributed by atoms with Gasteiger partial charge in [0.05, 0.1) is 12.6 Å². The van der Waals surface area contributed by atoms with Gasteiger partial charge in [0.2, 0.25) is 5.79 Å². The van der Waals surface area contributed by atoms with Gasteiger partial charge in [0.25, 0.3) is 0 Å². The van der Waals surface area contributed by atoms with Crippen molar-refractivity contribution in [2.45, 2.75) is 38.1 Å². The molecule has 0 aliphatic carbocycles. The minimum atomic E-state index is -1.34. The van der Waals surface area contributed by atoms with Crippen molar-refractivity contribution in [1.82, 2.24) is 5.32 Å². The second kappa shape index (κ2) is 6.20. The highest BCUT2D eigenvalue weighted by molar-refractivity contribution is 5.96. The number of fused-ring (bicyclic) bond motifs is 1. The Bertz CT molecular complexity index is 944. The lowest BCUT2D eigenvalue weighted by Gasteiger charge is -2.46. The number of rotatable bonds is 2. The van der Waals surface area contributed by atoms with Crippen LogP contribution in [0.4, 0.5) is 0 Å². The molecule has 0 aromatic heterocycles. The minimum absolute atomic E-state index is 0.154. The predicted octanol–water partition coefficient (Wildman–Crippen LogP) is 4.44. The summed E-state index contributed by atoms with van der Waals surface area (Å²) in [6.07, 6.45) is 0. The number of hydrogen-bond donors (Lipinski definition) is 2. The lowest BCUT2D eigenvalue weighted by molar-refractivity contribution is -0.263. The van der Waals surface area contributed by atoms with Crippen LogP contribution in [0.3, 0.4) is 0 Å². The summed E-state index contributed by atoms with van der Waals surface area (Å²) in [4.78, 5) is 0. The van der Waals surface area contributed by atoms with Gasteiger partial charge in [-0.1, -0.05) is 60.7 Å². The molecule has 3 nitrogen and oxygen atoms in total. The maximum absolute atomic E-state index is 11.2. The van der Waals surface area contributed by atoms with Gasteiger partial charge < -0.3 is 15.2 Å². The van der Waals surface area contributed by atoms with Crippen molar-refractivity contribution in [2.24, 2.45) is 0 Å². The Morgan fingerprint density at radius 1 is 1.00 bits per heavy atom. The number of morpholine rings is 1. The summed E-state index contributed by atoms with van der Waals surface area (Å²) in [6, 6.07) is 22.5. The lowest BCUT2D eigenvalue weighted by atomic mass is 9.90. The summed E-state index contributed by atoms with van der Waals surface area (Å²) in [5, 5.41) is 17.1. The van der Waals surface area contributed by atoms with Gasteiger partial charge in [-0.05, 0) is 48.7 Å². The van der Waals surface area contributed by atoms with E-state index in [-0.39, 0.29) is 11.6 Å². The summed E-state index contributed by atoms with van der Waals surface area (Å²) in [5.41, 5.74) is 2.86. The first-order chi connectivity index (χ1) is 12.4. The topological polar surface area (TPSA) is 41.5 Å². The molecule has 3 aromatic carbocycles. The second-order valence-corrected chi connectivity index (χ2v) is 7.84. The smallest absolute Gasteiger partial charge is 0.208 e. The number of ether oxygens (including phenoxy) is 1. The first kappa shape index (κ1) is 17.2. The molecule has 4 rings (SSSR count). The third-order valence-corrected chi connectivity index (χ3v) is 5.22. The van der Waals surface area contributed by atoms with Crippen LogP contribution in [0.5, 0.6) is 0 Å². The molecule has 0 bridgehead atoms. The summed E-state index contributed by atoms with van der Waals surface area (Å²) in [5.74, 6) is -1.34. The van der Waals surface area contributed by atoms with Crippen molar-refractivity contribution in [2.75, 3.05) is 6.61 Å². The van der Waals surface area contributed by atoms with E-state index in [1.165, 1.54) is 10.8 Å². The van der Waals surface area contributed by atoms with Gasteiger partial charge in [-0.15, -0.1) is 0 Å². The molecular formula is C23H25NO2. The quantitative estimate of drug-likeness (QED) is 0.720. The summed E-state index contributed by atoms with van der Waals surface area (Å²) >= 11 is 0. The van der Waals surface area contributed by atoms with E-state index in [4.69, 9.17) is 4.74 Å². The summed E-state index contributed by atoms with van der Waals surface area (Å²) in [7, 11) is 0. The summed E-state index contributed by atoms with van der Waals surface area (Å²) in [6.45, 7) is 6.57. The molecule has 26 heavy (non-hydrogen) atoms. The van der Waals surface area contributed by atoms with Crippen LogP contribution in [0.15, 0.2) is 66.7 Å². The Balaban J connectivity index is 1.78. The van der Waals surface area contributed by atoms with Gasteiger partial charge >= 0.3 is 0 Å². The zero-order chi connectivity index (χ0) is 18.4. The maximum atomic E-state index is 11.2. The number of nitrogens with one attached hydrogen (secondary N) is 1. The fourth-order valence-corrected chi connectivity index (χ4v) is 3.86. The molecule has 1 saturated heterocycles. The van der Waals surface area contributed by atoms with E-state index in [1.807, 2.05) is 25.1 Å². The molecule has 2 N–H and O–H groups in total. The Morgan fingerprint density at radius 3 is 2.54 bits per heavy atom. The van der Waals surface area contributed by atoms with Crippen LogP contribution in [0, 0.1) is 0 Å². The first-order valence-electron chi connectivity index (χ1n) is 9.12. The van der Waals surface area contributed by atoms with Crippen LogP contribution in [-0.4, -0.2) is 23.3 Å². The standard InChI is InChI=1S/C23H25NO2/c1-16-23(25,26-15-22(2,3)24-16)19-11-6-10-18(14-19)21-13-7-9-17-8-4-5-12-20(17)21/h4-14,16,24-25H,15H2,1-3H3/t16-,23+/m0/s1.